The molecule has 7 nitrogen and oxygen atoms in total. The number of benzene rings is 1. The zero-order chi connectivity index (χ0) is 16.3. The van der Waals surface area contributed by atoms with E-state index in [0.717, 1.165) is 30.0 Å². The van der Waals surface area contributed by atoms with E-state index < -0.39 is 14.9 Å². The molecule has 22 heavy (non-hydrogen) atoms. The van der Waals surface area contributed by atoms with Gasteiger partial charge in [-0.15, -0.1) is 0 Å². The molecule has 9 heteroatoms. The van der Waals surface area contributed by atoms with Crippen molar-refractivity contribution in [3.8, 4) is 0 Å². The van der Waals surface area contributed by atoms with Crippen LogP contribution in [0.25, 0.3) is 0 Å². The van der Waals surface area contributed by atoms with E-state index in [0.29, 0.717) is 12.2 Å². The predicted molar refractivity (Wildman–Crippen MR) is 88.4 cm³/mol. The van der Waals surface area contributed by atoms with Crippen LogP contribution in [0.3, 0.4) is 0 Å². The maximum absolute atomic E-state index is 11.4. The van der Waals surface area contributed by atoms with Crippen molar-refractivity contribution in [2.75, 3.05) is 18.1 Å². The fraction of sp³-hybridized carbons (Fsp3) is 0.538. The zero-order valence-electron chi connectivity index (χ0n) is 12.1. The van der Waals surface area contributed by atoms with E-state index in [-0.39, 0.29) is 17.6 Å². The van der Waals surface area contributed by atoms with Crippen molar-refractivity contribution in [3.05, 3.63) is 32.8 Å². The molecular formula is C13H18BrN3O4S. The maximum atomic E-state index is 11.4. The Morgan fingerprint density at radius 2 is 2.14 bits per heavy atom. The molecule has 0 aliphatic heterocycles. The van der Waals surface area contributed by atoms with Gasteiger partial charge in [-0.2, -0.15) is 0 Å². The van der Waals surface area contributed by atoms with Crippen molar-refractivity contribution >= 4 is 37.3 Å². The smallest absolute Gasteiger partial charge is 0.292 e. The third-order valence-electron chi connectivity index (χ3n) is 3.73. The molecule has 0 aromatic heterocycles. The highest BCUT2D eigenvalue weighted by atomic mass is 79.9. The lowest BCUT2D eigenvalue weighted by Crippen LogP contribution is -2.39. The highest BCUT2D eigenvalue weighted by Crippen LogP contribution is 2.30. The number of hydrogen-bond donors (Lipinski definition) is 2. The third-order valence-corrected chi connectivity index (χ3v) is 4.96. The van der Waals surface area contributed by atoms with Gasteiger partial charge in [-0.05, 0) is 30.9 Å². The van der Waals surface area contributed by atoms with E-state index in [2.05, 4.69) is 26.0 Å². The molecule has 0 heterocycles. The average Bonchev–Trinajstić information content (AvgIpc) is 2.81. The van der Waals surface area contributed by atoms with E-state index in [1.807, 2.05) is 0 Å². The Bertz CT molecular complexity index is 665. The van der Waals surface area contributed by atoms with E-state index >= 15 is 0 Å². The molecule has 1 aliphatic carbocycles. The van der Waals surface area contributed by atoms with Crippen LogP contribution in [0.4, 0.5) is 11.4 Å². The molecule has 0 spiro atoms. The van der Waals surface area contributed by atoms with Crippen molar-refractivity contribution in [2.45, 2.75) is 25.3 Å². The predicted octanol–water partition coefficient (Wildman–Crippen LogP) is 2.49. The minimum absolute atomic E-state index is 0.00817. The molecule has 0 bridgehead atoms. The van der Waals surface area contributed by atoms with Crippen LogP contribution in [0.1, 0.15) is 19.3 Å². The van der Waals surface area contributed by atoms with Gasteiger partial charge >= 0.3 is 0 Å². The molecule has 2 N–H and O–H groups in total. The van der Waals surface area contributed by atoms with Gasteiger partial charge in [0.25, 0.3) is 5.69 Å². The maximum Gasteiger partial charge on any atom is 0.292 e. The minimum atomic E-state index is -3.25. The molecule has 1 aromatic rings. The molecular weight excluding hydrogens is 374 g/mol. The summed E-state index contributed by atoms with van der Waals surface area (Å²) < 4.78 is 26.1. The van der Waals surface area contributed by atoms with Gasteiger partial charge in [0.2, 0.25) is 10.0 Å². The highest BCUT2D eigenvalue weighted by Gasteiger charge is 2.29. The van der Waals surface area contributed by atoms with Crippen LogP contribution in [0.5, 0.6) is 0 Å². The second-order valence-electron chi connectivity index (χ2n) is 5.49. The molecule has 2 unspecified atom stereocenters. The number of nitro benzene ring substituents is 1. The molecule has 1 aromatic carbocycles. The number of sulfonamides is 1. The summed E-state index contributed by atoms with van der Waals surface area (Å²) in [4.78, 5) is 10.6. The van der Waals surface area contributed by atoms with Crippen LogP contribution in [0.2, 0.25) is 0 Å². The van der Waals surface area contributed by atoms with Gasteiger partial charge in [-0.25, -0.2) is 13.1 Å². The number of anilines is 1. The first-order chi connectivity index (χ1) is 10.3. The topological polar surface area (TPSA) is 101 Å². The molecule has 1 fully saturated rings. The SMILES string of the molecule is CS(=O)(=O)NC1CCCC1CNc1cc(Br)ccc1[N+](=O)[O-]. The van der Waals surface area contributed by atoms with Gasteiger partial charge in [0.05, 0.1) is 11.2 Å². The van der Waals surface area contributed by atoms with Crippen molar-refractivity contribution in [3.63, 3.8) is 0 Å². The summed E-state index contributed by atoms with van der Waals surface area (Å²) in [5.74, 6) is 0.119. The van der Waals surface area contributed by atoms with Gasteiger partial charge in [-0.1, -0.05) is 22.4 Å². The third kappa shape index (κ3) is 4.65. The van der Waals surface area contributed by atoms with Crippen LogP contribution >= 0.6 is 15.9 Å². The first-order valence-corrected chi connectivity index (χ1v) is 9.60. The highest BCUT2D eigenvalue weighted by molar-refractivity contribution is 9.10. The van der Waals surface area contributed by atoms with Gasteiger partial charge in [0, 0.05) is 23.1 Å². The summed E-state index contributed by atoms with van der Waals surface area (Å²) in [6, 6.07) is 4.60. The van der Waals surface area contributed by atoms with Crippen LogP contribution in [-0.4, -0.2) is 32.2 Å². The minimum Gasteiger partial charge on any atom is -0.379 e. The number of nitro groups is 1. The lowest BCUT2D eigenvalue weighted by atomic mass is 10.0. The fourth-order valence-corrected chi connectivity index (χ4v) is 3.98. The van der Waals surface area contributed by atoms with E-state index in [1.54, 1.807) is 12.1 Å². The van der Waals surface area contributed by atoms with Crippen LogP contribution in [0, 0.1) is 16.0 Å². The number of nitrogens with zero attached hydrogens (tertiary/aromatic N) is 1. The number of rotatable bonds is 6. The molecule has 2 rings (SSSR count). The van der Waals surface area contributed by atoms with Crippen molar-refractivity contribution in [1.29, 1.82) is 0 Å². The molecule has 0 radical (unpaired) electrons. The Morgan fingerprint density at radius 3 is 2.77 bits per heavy atom. The Hall–Kier alpha value is -1.19. The lowest BCUT2D eigenvalue weighted by Gasteiger charge is -2.20. The second-order valence-corrected chi connectivity index (χ2v) is 8.18. The number of hydrogen-bond acceptors (Lipinski definition) is 5. The summed E-state index contributed by atoms with van der Waals surface area (Å²) in [6.07, 6.45) is 3.77. The van der Waals surface area contributed by atoms with Gasteiger partial charge in [-0.3, -0.25) is 10.1 Å². The number of halogens is 1. The Labute approximate surface area is 137 Å². The Balaban J connectivity index is 2.06. The Morgan fingerprint density at radius 1 is 1.41 bits per heavy atom. The van der Waals surface area contributed by atoms with Crippen LogP contribution in [0.15, 0.2) is 22.7 Å². The fourth-order valence-electron chi connectivity index (χ4n) is 2.76. The zero-order valence-corrected chi connectivity index (χ0v) is 14.5. The second kappa shape index (κ2) is 6.93. The van der Waals surface area contributed by atoms with E-state index in [9.17, 15) is 18.5 Å². The van der Waals surface area contributed by atoms with Crippen molar-refractivity contribution in [2.24, 2.45) is 5.92 Å². The van der Waals surface area contributed by atoms with Crippen molar-refractivity contribution in [1.82, 2.24) is 4.72 Å². The number of nitrogens with one attached hydrogen (secondary N) is 2. The van der Waals surface area contributed by atoms with Crippen LogP contribution in [-0.2, 0) is 10.0 Å². The largest absolute Gasteiger partial charge is 0.379 e. The average molecular weight is 392 g/mol. The molecule has 0 amide bonds. The van der Waals surface area contributed by atoms with E-state index in [4.69, 9.17) is 0 Å². The summed E-state index contributed by atoms with van der Waals surface area (Å²) in [5.41, 5.74) is 0.443. The van der Waals surface area contributed by atoms with E-state index in [1.165, 1.54) is 6.07 Å². The Kier molecular flexibility index (Phi) is 5.41. The summed E-state index contributed by atoms with van der Waals surface area (Å²) in [7, 11) is -3.25. The summed E-state index contributed by atoms with van der Waals surface area (Å²) >= 11 is 3.30. The van der Waals surface area contributed by atoms with Gasteiger partial charge < -0.3 is 5.32 Å². The van der Waals surface area contributed by atoms with Gasteiger partial charge in [0.1, 0.15) is 5.69 Å². The normalized spacial score (nSPS) is 21.7. The first kappa shape index (κ1) is 17.2. The molecule has 122 valence electrons. The standard InChI is InChI=1S/C13H18BrN3O4S/c1-22(20,21)16-11-4-2-3-9(11)8-15-12-7-10(14)5-6-13(12)17(18)19/h5-7,9,11,15-16H,2-4,8H2,1H3. The van der Waals surface area contributed by atoms with Crippen LogP contribution < -0.4 is 10.0 Å². The molecule has 1 saturated carbocycles. The lowest BCUT2D eigenvalue weighted by molar-refractivity contribution is -0.384. The summed E-state index contributed by atoms with van der Waals surface area (Å²) in [5, 5.41) is 14.1. The monoisotopic (exact) mass is 391 g/mol. The molecule has 0 saturated heterocycles. The molecule has 2 atom stereocenters. The summed E-state index contributed by atoms with van der Waals surface area (Å²) in [6.45, 7) is 0.491. The van der Waals surface area contributed by atoms with Gasteiger partial charge in [0.15, 0.2) is 0 Å². The van der Waals surface area contributed by atoms with Crippen molar-refractivity contribution < 1.29 is 13.3 Å². The first-order valence-electron chi connectivity index (χ1n) is 6.91. The quantitative estimate of drug-likeness (QED) is 0.572. The molecule has 1 aliphatic rings.